The molecule has 0 heterocycles. The first-order chi connectivity index (χ1) is 10.1. The SMILES string of the molecule is COc1cccc(OC(Cc2cccc(Br)c2)C(=O)O)c1. The molecule has 0 aliphatic heterocycles. The number of carboxylic acid groups (broad SMARTS) is 1. The summed E-state index contributed by atoms with van der Waals surface area (Å²) in [6.45, 7) is 0. The number of aliphatic carboxylic acids is 1. The Morgan fingerprint density at radius 2 is 1.90 bits per heavy atom. The van der Waals surface area contributed by atoms with Crippen LogP contribution in [0, 0.1) is 0 Å². The Labute approximate surface area is 131 Å². The molecular formula is C16H15BrO4. The van der Waals surface area contributed by atoms with Crippen molar-refractivity contribution in [3.63, 3.8) is 0 Å². The number of rotatable bonds is 6. The molecule has 1 N–H and O–H groups in total. The molecule has 4 nitrogen and oxygen atoms in total. The number of hydrogen-bond donors (Lipinski definition) is 1. The van der Waals surface area contributed by atoms with Gasteiger partial charge in [0.05, 0.1) is 7.11 Å². The summed E-state index contributed by atoms with van der Waals surface area (Å²) in [5, 5.41) is 9.32. The van der Waals surface area contributed by atoms with Crippen molar-refractivity contribution in [1.82, 2.24) is 0 Å². The average molecular weight is 351 g/mol. The van der Waals surface area contributed by atoms with Crippen molar-refractivity contribution in [2.24, 2.45) is 0 Å². The predicted octanol–water partition coefficient (Wildman–Crippen LogP) is 3.53. The minimum Gasteiger partial charge on any atom is -0.497 e. The van der Waals surface area contributed by atoms with Crippen molar-refractivity contribution in [3.05, 3.63) is 58.6 Å². The average Bonchev–Trinajstić information content (AvgIpc) is 2.47. The van der Waals surface area contributed by atoms with Crippen LogP contribution in [0.2, 0.25) is 0 Å². The first-order valence-corrected chi connectivity index (χ1v) is 7.16. The van der Waals surface area contributed by atoms with E-state index >= 15 is 0 Å². The molecule has 0 fully saturated rings. The number of carboxylic acids is 1. The van der Waals surface area contributed by atoms with E-state index in [1.807, 2.05) is 24.3 Å². The maximum absolute atomic E-state index is 11.4. The van der Waals surface area contributed by atoms with E-state index in [0.717, 1.165) is 10.0 Å². The Morgan fingerprint density at radius 3 is 2.57 bits per heavy atom. The molecule has 5 heteroatoms. The summed E-state index contributed by atoms with van der Waals surface area (Å²) < 4.78 is 11.6. The van der Waals surface area contributed by atoms with Gasteiger partial charge in [0.1, 0.15) is 11.5 Å². The van der Waals surface area contributed by atoms with E-state index in [9.17, 15) is 9.90 Å². The molecule has 0 bridgehead atoms. The van der Waals surface area contributed by atoms with Crippen LogP contribution in [0.15, 0.2) is 53.0 Å². The Kier molecular flexibility index (Phi) is 5.22. The summed E-state index contributed by atoms with van der Waals surface area (Å²) in [6.07, 6.45) is -0.669. The summed E-state index contributed by atoms with van der Waals surface area (Å²) in [5.41, 5.74) is 0.889. The third-order valence-corrected chi connectivity index (χ3v) is 3.40. The fourth-order valence-corrected chi connectivity index (χ4v) is 2.34. The number of halogens is 1. The van der Waals surface area contributed by atoms with Gasteiger partial charge in [-0.1, -0.05) is 34.1 Å². The lowest BCUT2D eigenvalue weighted by Crippen LogP contribution is -2.29. The van der Waals surface area contributed by atoms with Crippen LogP contribution in [0.1, 0.15) is 5.56 Å². The second-order valence-corrected chi connectivity index (χ2v) is 5.37. The topological polar surface area (TPSA) is 55.8 Å². The zero-order chi connectivity index (χ0) is 15.2. The number of methoxy groups -OCH3 is 1. The fourth-order valence-electron chi connectivity index (χ4n) is 1.90. The van der Waals surface area contributed by atoms with Gasteiger partial charge < -0.3 is 14.6 Å². The van der Waals surface area contributed by atoms with Gasteiger partial charge in [-0.2, -0.15) is 0 Å². The molecule has 2 aromatic rings. The van der Waals surface area contributed by atoms with Crippen LogP contribution in [0.4, 0.5) is 0 Å². The summed E-state index contributed by atoms with van der Waals surface area (Å²) in [5.74, 6) is 0.0913. The highest BCUT2D eigenvalue weighted by molar-refractivity contribution is 9.10. The molecule has 2 aromatic carbocycles. The zero-order valence-corrected chi connectivity index (χ0v) is 13.0. The number of benzene rings is 2. The van der Waals surface area contributed by atoms with Crippen LogP contribution in [-0.2, 0) is 11.2 Å². The molecular weight excluding hydrogens is 336 g/mol. The minimum absolute atomic E-state index is 0.284. The minimum atomic E-state index is -1.00. The monoisotopic (exact) mass is 350 g/mol. The number of hydrogen-bond acceptors (Lipinski definition) is 3. The van der Waals surface area contributed by atoms with Gasteiger partial charge in [0.15, 0.2) is 6.10 Å². The summed E-state index contributed by atoms with van der Waals surface area (Å²) in [4.78, 5) is 11.4. The smallest absolute Gasteiger partial charge is 0.345 e. The van der Waals surface area contributed by atoms with E-state index in [2.05, 4.69) is 15.9 Å². The van der Waals surface area contributed by atoms with Crippen molar-refractivity contribution in [1.29, 1.82) is 0 Å². The Balaban J connectivity index is 2.13. The predicted molar refractivity (Wildman–Crippen MR) is 82.9 cm³/mol. The van der Waals surface area contributed by atoms with Crippen LogP contribution in [-0.4, -0.2) is 24.3 Å². The van der Waals surface area contributed by atoms with Crippen LogP contribution in [0.5, 0.6) is 11.5 Å². The maximum atomic E-state index is 11.4. The maximum Gasteiger partial charge on any atom is 0.345 e. The molecule has 2 rings (SSSR count). The van der Waals surface area contributed by atoms with Crippen molar-refractivity contribution in [2.75, 3.05) is 7.11 Å². The number of carbonyl (C=O) groups is 1. The van der Waals surface area contributed by atoms with Crippen molar-refractivity contribution >= 4 is 21.9 Å². The lowest BCUT2D eigenvalue weighted by Gasteiger charge is -2.16. The summed E-state index contributed by atoms with van der Waals surface area (Å²) in [6, 6.07) is 14.4. The Morgan fingerprint density at radius 1 is 1.19 bits per heavy atom. The quantitative estimate of drug-likeness (QED) is 0.865. The molecule has 0 aliphatic carbocycles. The van der Waals surface area contributed by atoms with E-state index in [1.165, 1.54) is 0 Å². The Bertz CT molecular complexity index is 627. The molecule has 0 radical (unpaired) electrons. The van der Waals surface area contributed by atoms with E-state index in [4.69, 9.17) is 9.47 Å². The van der Waals surface area contributed by atoms with Gasteiger partial charge in [-0.05, 0) is 29.8 Å². The van der Waals surface area contributed by atoms with E-state index < -0.39 is 12.1 Å². The zero-order valence-electron chi connectivity index (χ0n) is 11.5. The first kappa shape index (κ1) is 15.4. The molecule has 0 spiro atoms. The van der Waals surface area contributed by atoms with Gasteiger partial charge in [0, 0.05) is 17.0 Å². The normalized spacial score (nSPS) is 11.7. The molecule has 0 aromatic heterocycles. The highest BCUT2D eigenvalue weighted by Crippen LogP contribution is 2.21. The molecule has 110 valence electrons. The van der Waals surface area contributed by atoms with Gasteiger partial charge >= 0.3 is 5.97 Å². The van der Waals surface area contributed by atoms with Crippen molar-refractivity contribution in [2.45, 2.75) is 12.5 Å². The molecule has 1 atom stereocenters. The second-order valence-electron chi connectivity index (χ2n) is 4.46. The third kappa shape index (κ3) is 4.49. The Hall–Kier alpha value is -2.01. The van der Waals surface area contributed by atoms with Crippen LogP contribution in [0.3, 0.4) is 0 Å². The molecule has 0 aliphatic rings. The lowest BCUT2D eigenvalue weighted by atomic mass is 10.1. The van der Waals surface area contributed by atoms with E-state index in [-0.39, 0.29) is 6.42 Å². The van der Waals surface area contributed by atoms with Crippen LogP contribution < -0.4 is 9.47 Å². The van der Waals surface area contributed by atoms with Crippen molar-refractivity contribution in [3.8, 4) is 11.5 Å². The first-order valence-electron chi connectivity index (χ1n) is 6.36. The number of ether oxygens (including phenoxy) is 2. The van der Waals surface area contributed by atoms with Crippen LogP contribution in [0.25, 0.3) is 0 Å². The van der Waals surface area contributed by atoms with Crippen LogP contribution >= 0.6 is 15.9 Å². The van der Waals surface area contributed by atoms with E-state index in [0.29, 0.717) is 11.5 Å². The van der Waals surface area contributed by atoms with Gasteiger partial charge in [-0.3, -0.25) is 0 Å². The standard InChI is InChI=1S/C16H15BrO4/c1-20-13-6-3-7-14(10-13)21-15(16(18)19)9-11-4-2-5-12(17)8-11/h2-8,10,15H,9H2,1H3,(H,18,19). The molecule has 1 unspecified atom stereocenters. The van der Waals surface area contributed by atoms with E-state index in [1.54, 1.807) is 31.4 Å². The fraction of sp³-hybridized carbons (Fsp3) is 0.188. The van der Waals surface area contributed by atoms with Gasteiger partial charge in [0.2, 0.25) is 0 Å². The molecule has 0 saturated carbocycles. The highest BCUT2D eigenvalue weighted by atomic mass is 79.9. The third-order valence-electron chi connectivity index (χ3n) is 2.91. The molecule has 0 saturated heterocycles. The molecule has 21 heavy (non-hydrogen) atoms. The van der Waals surface area contributed by atoms with Crippen molar-refractivity contribution < 1.29 is 19.4 Å². The highest BCUT2D eigenvalue weighted by Gasteiger charge is 2.20. The van der Waals surface area contributed by atoms with Gasteiger partial charge in [0.25, 0.3) is 0 Å². The lowest BCUT2D eigenvalue weighted by molar-refractivity contribution is -0.145. The summed E-state index contributed by atoms with van der Waals surface area (Å²) in [7, 11) is 1.55. The summed E-state index contributed by atoms with van der Waals surface area (Å²) >= 11 is 3.37. The van der Waals surface area contributed by atoms with Gasteiger partial charge in [-0.25, -0.2) is 4.79 Å². The second kappa shape index (κ2) is 7.13. The molecule has 0 amide bonds. The van der Waals surface area contributed by atoms with Gasteiger partial charge in [-0.15, -0.1) is 0 Å². The largest absolute Gasteiger partial charge is 0.497 e.